The maximum absolute atomic E-state index is 13.3. The molecule has 2 aromatic heterocycles. The van der Waals surface area contributed by atoms with Gasteiger partial charge in [0.05, 0.1) is 18.2 Å². The third-order valence-corrected chi connectivity index (χ3v) is 5.69. The number of pyridine rings is 1. The molecule has 2 amide bonds. The number of amides is 2. The molecule has 1 aliphatic heterocycles. The minimum atomic E-state index is -0.354. The number of rotatable bonds is 5. The Morgan fingerprint density at radius 2 is 2.09 bits per heavy atom. The number of anilines is 1. The van der Waals surface area contributed by atoms with Gasteiger partial charge in [0.2, 0.25) is 0 Å². The topological polar surface area (TPSA) is 84.6 Å². The first-order valence-electron chi connectivity index (χ1n) is 10.6. The second-order valence-electron chi connectivity index (χ2n) is 8.10. The van der Waals surface area contributed by atoms with Crippen LogP contribution in [0.5, 0.6) is 0 Å². The summed E-state index contributed by atoms with van der Waals surface area (Å²) in [5.74, 6) is -0.354. The van der Waals surface area contributed by atoms with Crippen LogP contribution in [0.15, 0.2) is 48.5 Å². The summed E-state index contributed by atoms with van der Waals surface area (Å²) in [5, 5.41) is 16.1. The zero-order valence-electron chi connectivity index (χ0n) is 17.7. The van der Waals surface area contributed by atoms with E-state index in [-0.39, 0.29) is 18.0 Å². The minimum Gasteiger partial charge on any atom is -0.376 e. The van der Waals surface area contributed by atoms with Gasteiger partial charge in [-0.1, -0.05) is 12.1 Å². The van der Waals surface area contributed by atoms with E-state index < -0.39 is 0 Å². The van der Waals surface area contributed by atoms with Crippen molar-refractivity contribution in [2.24, 2.45) is 0 Å². The molecular weight excluding hydrogens is 411 g/mol. The molecule has 1 saturated heterocycles. The van der Waals surface area contributed by atoms with Crippen molar-refractivity contribution in [3.63, 3.8) is 0 Å². The van der Waals surface area contributed by atoms with Crippen molar-refractivity contribution in [2.75, 3.05) is 18.5 Å². The largest absolute Gasteiger partial charge is 0.376 e. The summed E-state index contributed by atoms with van der Waals surface area (Å²) in [6, 6.07) is 13.5. The van der Waals surface area contributed by atoms with Gasteiger partial charge in [0.1, 0.15) is 5.82 Å². The molecule has 4 aromatic rings. The number of aryl methyl sites for hydroxylation is 1. The van der Waals surface area contributed by atoms with Gasteiger partial charge in [0.25, 0.3) is 0 Å². The number of benzene rings is 2. The molecule has 3 heterocycles. The van der Waals surface area contributed by atoms with Crippen LogP contribution in [0, 0.1) is 12.7 Å². The van der Waals surface area contributed by atoms with Crippen LogP contribution in [0.25, 0.3) is 16.6 Å². The van der Waals surface area contributed by atoms with Gasteiger partial charge in [-0.15, -0.1) is 5.10 Å². The molecule has 1 aliphatic rings. The van der Waals surface area contributed by atoms with E-state index in [1.807, 2.05) is 31.2 Å². The molecule has 1 fully saturated rings. The minimum absolute atomic E-state index is 0.0240. The number of aromatic nitrogens is 4. The lowest BCUT2D eigenvalue weighted by molar-refractivity contribution is 0.0820. The van der Waals surface area contributed by atoms with Crippen LogP contribution < -0.4 is 5.32 Å². The second-order valence-corrected chi connectivity index (χ2v) is 8.10. The average molecular weight is 434 g/mol. The number of urea groups is 1. The van der Waals surface area contributed by atoms with Gasteiger partial charge in [-0.3, -0.25) is 0 Å². The number of nitrogens with one attached hydrogen (secondary N) is 1. The van der Waals surface area contributed by atoms with Crippen LogP contribution in [-0.4, -0.2) is 50.2 Å². The number of carbonyl (C=O) groups is 1. The van der Waals surface area contributed by atoms with Gasteiger partial charge in [0, 0.05) is 29.8 Å². The average Bonchev–Trinajstić information content (AvgIpc) is 3.47. The molecule has 9 heteroatoms. The lowest BCUT2D eigenvalue weighted by Gasteiger charge is -2.26. The molecule has 1 N–H and O–H groups in total. The van der Waals surface area contributed by atoms with E-state index in [2.05, 4.69) is 20.8 Å². The van der Waals surface area contributed by atoms with Crippen LogP contribution in [0.4, 0.5) is 14.9 Å². The summed E-state index contributed by atoms with van der Waals surface area (Å²) < 4.78 is 20.7. The highest BCUT2D eigenvalue weighted by molar-refractivity contribution is 5.90. The van der Waals surface area contributed by atoms with E-state index in [1.165, 1.54) is 24.3 Å². The maximum Gasteiger partial charge on any atom is 0.322 e. The SMILES string of the molecule is Cc1ccc2cc(CN(C[C@@H]3CCCO3)C(=O)Nc3ccc(F)cc3)c3nnnn3c2c1. The highest BCUT2D eigenvalue weighted by atomic mass is 19.1. The van der Waals surface area contributed by atoms with Crippen LogP contribution in [-0.2, 0) is 11.3 Å². The molecule has 1 atom stereocenters. The van der Waals surface area contributed by atoms with Crippen molar-refractivity contribution in [3.8, 4) is 0 Å². The Bertz CT molecular complexity index is 1270. The fourth-order valence-electron chi connectivity index (χ4n) is 4.07. The highest BCUT2D eigenvalue weighted by Crippen LogP contribution is 2.23. The Labute approximate surface area is 184 Å². The first kappa shape index (κ1) is 20.3. The van der Waals surface area contributed by atoms with Crippen LogP contribution >= 0.6 is 0 Å². The zero-order chi connectivity index (χ0) is 22.1. The number of tetrazole rings is 1. The third kappa shape index (κ3) is 4.11. The standard InChI is InChI=1S/C23H23FN6O2/c1-15-4-5-16-12-17(22-26-27-28-30(22)21(16)11-15)13-29(14-20-3-2-10-32-20)23(31)25-19-8-6-18(24)7-9-19/h4-9,11-12,20H,2-3,10,13-14H2,1H3,(H,25,31)/t20-/m0/s1. The molecule has 2 aromatic carbocycles. The van der Waals surface area contributed by atoms with Gasteiger partial charge in [-0.05, 0) is 72.2 Å². The predicted molar refractivity (Wildman–Crippen MR) is 118 cm³/mol. The van der Waals surface area contributed by atoms with E-state index in [9.17, 15) is 9.18 Å². The first-order chi connectivity index (χ1) is 15.6. The lowest BCUT2D eigenvalue weighted by atomic mass is 10.1. The molecule has 32 heavy (non-hydrogen) atoms. The van der Waals surface area contributed by atoms with E-state index in [0.29, 0.717) is 31.0 Å². The highest BCUT2D eigenvalue weighted by Gasteiger charge is 2.24. The number of hydrogen-bond donors (Lipinski definition) is 1. The fraction of sp³-hybridized carbons (Fsp3) is 0.304. The number of nitrogens with zero attached hydrogens (tertiary/aromatic N) is 5. The first-order valence-corrected chi connectivity index (χ1v) is 10.6. The molecule has 0 radical (unpaired) electrons. The van der Waals surface area contributed by atoms with Crippen molar-refractivity contribution >= 4 is 28.3 Å². The Hall–Kier alpha value is -3.59. The van der Waals surface area contributed by atoms with Gasteiger partial charge >= 0.3 is 6.03 Å². The third-order valence-electron chi connectivity index (χ3n) is 5.69. The molecule has 0 bridgehead atoms. The monoisotopic (exact) mass is 434 g/mol. The zero-order valence-corrected chi connectivity index (χ0v) is 17.7. The Balaban J connectivity index is 1.47. The number of hydrogen-bond acceptors (Lipinski definition) is 5. The summed E-state index contributed by atoms with van der Waals surface area (Å²) in [6.07, 6.45) is 1.86. The Morgan fingerprint density at radius 3 is 2.88 bits per heavy atom. The summed E-state index contributed by atoms with van der Waals surface area (Å²) in [5.41, 5.74) is 3.99. The smallest absolute Gasteiger partial charge is 0.322 e. The number of fused-ring (bicyclic) bond motifs is 3. The summed E-state index contributed by atoms with van der Waals surface area (Å²) in [4.78, 5) is 14.9. The van der Waals surface area contributed by atoms with Gasteiger partial charge in [-0.25, -0.2) is 9.18 Å². The van der Waals surface area contributed by atoms with E-state index >= 15 is 0 Å². The normalized spacial score (nSPS) is 16.0. The molecule has 0 saturated carbocycles. The molecule has 5 rings (SSSR count). The predicted octanol–water partition coefficient (Wildman–Crippen LogP) is 3.94. The fourth-order valence-corrected chi connectivity index (χ4v) is 4.07. The molecule has 0 spiro atoms. The van der Waals surface area contributed by atoms with Crippen molar-refractivity contribution in [1.82, 2.24) is 24.9 Å². The Kier molecular flexibility index (Phi) is 5.40. The Morgan fingerprint density at radius 1 is 1.25 bits per heavy atom. The van der Waals surface area contributed by atoms with E-state index in [0.717, 1.165) is 34.9 Å². The quantitative estimate of drug-likeness (QED) is 0.514. The van der Waals surface area contributed by atoms with Gasteiger partial charge < -0.3 is 15.0 Å². The molecule has 0 aliphatic carbocycles. The van der Waals surface area contributed by atoms with Crippen LogP contribution in [0.3, 0.4) is 0 Å². The summed E-state index contributed by atoms with van der Waals surface area (Å²) >= 11 is 0. The molecule has 164 valence electrons. The van der Waals surface area contributed by atoms with E-state index in [1.54, 1.807) is 9.42 Å². The number of carbonyl (C=O) groups excluding carboxylic acids is 1. The van der Waals surface area contributed by atoms with Crippen molar-refractivity contribution < 1.29 is 13.9 Å². The lowest BCUT2D eigenvalue weighted by Crippen LogP contribution is -2.39. The van der Waals surface area contributed by atoms with Gasteiger partial charge in [-0.2, -0.15) is 4.52 Å². The van der Waals surface area contributed by atoms with Gasteiger partial charge in [0.15, 0.2) is 5.65 Å². The number of halogens is 1. The second kappa shape index (κ2) is 8.51. The summed E-state index contributed by atoms with van der Waals surface area (Å²) in [7, 11) is 0. The number of ether oxygens (including phenoxy) is 1. The van der Waals surface area contributed by atoms with Crippen molar-refractivity contribution in [2.45, 2.75) is 32.4 Å². The molecular formula is C23H23FN6O2. The van der Waals surface area contributed by atoms with Crippen molar-refractivity contribution in [1.29, 1.82) is 0 Å². The van der Waals surface area contributed by atoms with E-state index in [4.69, 9.17) is 4.74 Å². The van der Waals surface area contributed by atoms with Crippen LogP contribution in [0.2, 0.25) is 0 Å². The molecule has 8 nitrogen and oxygen atoms in total. The summed E-state index contributed by atoms with van der Waals surface area (Å²) in [6.45, 7) is 3.46. The maximum atomic E-state index is 13.3. The van der Waals surface area contributed by atoms with Crippen LogP contribution in [0.1, 0.15) is 24.0 Å². The molecule has 0 unspecified atom stereocenters. The van der Waals surface area contributed by atoms with Crippen molar-refractivity contribution in [3.05, 3.63) is 65.5 Å².